The molecular formula is C11H21NO2. The van der Waals surface area contributed by atoms with Gasteiger partial charge < -0.3 is 10.0 Å². The van der Waals surface area contributed by atoms with E-state index in [2.05, 4.69) is 13.8 Å². The zero-order chi connectivity index (χ0) is 10.9. The van der Waals surface area contributed by atoms with E-state index in [1.165, 1.54) is 0 Å². The van der Waals surface area contributed by atoms with Crippen LogP contribution in [0, 0.1) is 11.8 Å². The Balaban J connectivity index is 2.61. The fourth-order valence-electron chi connectivity index (χ4n) is 2.07. The lowest BCUT2D eigenvalue weighted by Crippen LogP contribution is -2.40. The number of hydrogen-bond acceptors (Lipinski definition) is 2. The van der Waals surface area contributed by atoms with Gasteiger partial charge in [0.05, 0.1) is 12.0 Å². The first-order chi connectivity index (χ1) is 6.43. The summed E-state index contributed by atoms with van der Waals surface area (Å²) in [5.41, 5.74) is 0. The zero-order valence-electron chi connectivity index (χ0n) is 9.53. The first-order valence-corrected chi connectivity index (χ1v) is 5.42. The number of nitrogens with zero attached hydrogens (tertiary/aromatic N) is 1. The molecule has 1 fully saturated rings. The minimum atomic E-state index is -0.550. The van der Waals surface area contributed by atoms with Gasteiger partial charge in [-0.15, -0.1) is 0 Å². The molecule has 3 heteroatoms. The summed E-state index contributed by atoms with van der Waals surface area (Å²) in [6.07, 6.45) is 0.531. The normalized spacial score (nSPS) is 31.6. The summed E-state index contributed by atoms with van der Waals surface area (Å²) in [5, 5.41) is 9.36. The minimum absolute atomic E-state index is 0.0943. The predicted molar refractivity (Wildman–Crippen MR) is 55.8 cm³/mol. The van der Waals surface area contributed by atoms with Gasteiger partial charge in [-0.25, -0.2) is 0 Å². The smallest absolute Gasteiger partial charge is 0.228 e. The molecule has 1 aliphatic rings. The maximum Gasteiger partial charge on any atom is 0.228 e. The molecule has 0 aliphatic carbocycles. The van der Waals surface area contributed by atoms with Gasteiger partial charge in [0.25, 0.3) is 0 Å². The van der Waals surface area contributed by atoms with Crippen molar-refractivity contribution in [1.29, 1.82) is 0 Å². The predicted octanol–water partition coefficient (Wildman–Crippen LogP) is 1.26. The molecule has 1 saturated heterocycles. The number of amides is 1. The van der Waals surface area contributed by atoms with Gasteiger partial charge in [0.15, 0.2) is 0 Å². The first-order valence-electron chi connectivity index (χ1n) is 5.42. The third kappa shape index (κ3) is 2.27. The fraction of sp³-hybridized carbons (Fsp3) is 0.909. The molecule has 82 valence electrons. The lowest BCUT2D eigenvalue weighted by molar-refractivity contribution is -0.138. The third-order valence-corrected chi connectivity index (χ3v) is 3.18. The van der Waals surface area contributed by atoms with Crippen LogP contribution < -0.4 is 0 Å². The van der Waals surface area contributed by atoms with Gasteiger partial charge >= 0.3 is 0 Å². The van der Waals surface area contributed by atoms with Gasteiger partial charge in [-0.1, -0.05) is 13.8 Å². The second kappa shape index (κ2) is 4.30. The van der Waals surface area contributed by atoms with Crippen LogP contribution in [0.4, 0.5) is 0 Å². The Hall–Kier alpha value is -0.570. The lowest BCUT2D eigenvalue weighted by Gasteiger charge is -2.26. The maximum atomic E-state index is 11.9. The van der Waals surface area contributed by atoms with Gasteiger partial charge in [-0.3, -0.25) is 4.79 Å². The average Bonchev–Trinajstić information content (AvgIpc) is 2.42. The van der Waals surface area contributed by atoms with Crippen LogP contribution in [0.3, 0.4) is 0 Å². The number of aliphatic hydroxyl groups is 1. The summed E-state index contributed by atoms with van der Waals surface area (Å²) in [5.74, 6) is 0.412. The molecule has 1 N–H and O–H groups in total. The molecule has 0 aromatic carbocycles. The highest BCUT2D eigenvalue weighted by molar-refractivity contribution is 5.79. The molecule has 1 aliphatic heterocycles. The van der Waals surface area contributed by atoms with E-state index >= 15 is 0 Å². The van der Waals surface area contributed by atoms with E-state index in [4.69, 9.17) is 0 Å². The quantitative estimate of drug-likeness (QED) is 0.727. The Labute approximate surface area is 86.1 Å². The fourth-order valence-corrected chi connectivity index (χ4v) is 2.07. The number of aliphatic hydroxyl groups excluding tert-OH is 1. The van der Waals surface area contributed by atoms with Crippen LogP contribution in [0.15, 0.2) is 0 Å². The Morgan fingerprint density at radius 3 is 2.36 bits per heavy atom. The van der Waals surface area contributed by atoms with Crippen molar-refractivity contribution in [3.8, 4) is 0 Å². The van der Waals surface area contributed by atoms with Crippen molar-refractivity contribution in [3.05, 3.63) is 0 Å². The molecule has 0 spiro atoms. The van der Waals surface area contributed by atoms with Gasteiger partial charge in [-0.2, -0.15) is 0 Å². The molecule has 0 radical (unpaired) electrons. The van der Waals surface area contributed by atoms with Crippen molar-refractivity contribution >= 4 is 5.91 Å². The molecule has 3 unspecified atom stereocenters. The Morgan fingerprint density at radius 2 is 2.00 bits per heavy atom. The number of carbonyl (C=O) groups excluding carboxylic acids is 1. The highest BCUT2D eigenvalue weighted by Crippen LogP contribution is 2.24. The number of hydrogen-bond donors (Lipinski definition) is 1. The molecule has 3 nitrogen and oxygen atoms in total. The van der Waals surface area contributed by atoms with E-state index in [9.17, 15) is 9.90 Å². The van der Waals surface area contributed by atoms with Crippen molar-refractivity contribution in [2.75, 3.05) is 6.54 Å². The van der Waals surface area contributed by atoms with E-state index in [0.29, 0.717) is 12.0 Å². The van der Waals surface area contributed by atoms with E-state index in [-0.39, 0.29) is 11.8 Å². The molecule has 14 heavy (non-hydrogen) atoms. The summed E-state index contributed by atoms with van der Waals surface area (Å²) < 4.78 is 0. The number of carbonyl (C=O) groups is 1. The van der Waals surface area contributed by atoms with Crippen molar-refractivity contribution in [2.24, 2.45) is 11.8 Å². The molecule has 0 bridgehead atoms. The molecule has 0 saturated carbocycles. The molecule has 1 rings (SSSR count). The lowest BCUT2D eigenvalue weighted by atomic mass is 10.0. The van der Waals surface area contributed by atoms with Crippen LogP contribution in [0.1, 0.15) is 34.1 Å². The van der Waals surface area contributed by atoms with Crippen molar-refractivity contribution in [1.82, 2.24) is 4.90 Å². The number of rotatable bonds is 2. The van der Waals surface area contributed by atoms with Crippen molar-refractivity contribution < 1.29 is 9.90 Å². The molecule has 1 heterocycles. The van der Waals surface area contributed by atoms with Crippen molar-refractivity contribution in [3.63, 3.8) is 0 Å². The van der Waals surface area contributed by atoms with Gasteiger partial charge in [-0.05, 0) is 26.2 Å². The van der Waals surface area contributed by atoms with E-state index in [0.717, 1.165) is 13.0 Å². The second-order valence-electron chi connectivity index (χ2n) is 4.71. The zero-order valence-corrected chi connectivity index (χ0v) is 9.53. The Morgan fingerprint density at radius 1 is 1.43 bits per heavy atom. The van der Waals surface area contributed by atoms with Gasteiger partial charge in [0, 0.05) is 12.6 Å². The topological polar surface area (TPSA) is 40.5 Å². The number of likely N-dealkylation sites (tertiary alicyclic amines) is 1. The minimum Gasteiger partial charge on any atom is -0.393 e. The summed E-state index contributed by atoms with van der Waals surface area (Å²) in [6.45, 7) is 8.56. The molecule has 0 aromatic rings. The summed E-state index contributed by atoms with van der Waals surface area (Å²) in [6, 6.07) is 0.332. The van der Waals surface area contributed by atoms with Gasteiger partial charge in [0.2, 0.25) is 5.91 Å². The molecule has 0 aromatic heterocycles. The standard InChI is InChI=1S/C11H21NO2/c1-7-5-8(2)12(6-7)11(14)9(3)10(4)13/h7-10,13H,5-6H2,1-4H3/t7?,8-,9?,10?/m1/s1. The summed E-state index contributed by atoms with van der Waals surface area (Å²) in [7, 11) is 0. The highest BCUT2D eigenvalue weighted by Gasteiger charge is 2.33. The van der Waals surface area contributed by atoms with E-state index in [1.807, 2.05) is 4.90 Å². The van der Waals surface area contributed by atoms with E-state index in [1.54, 1.807) is 13.8 Å². The molecule has 4 atom stereocenters. The van der Waals surface area contributed by atoms with E-state index < -0.39 is 6.10 Å². The van der Waals surface area contributed by atoms with Crippen LogP contribution in [-0.2, 0) is 4.79 Å². The Kier molecular flexibility index (Phi) is 3.53. The third-order valence-electron chi connectivity index (χ3n) is 3.18. The van der Waals surface area contributed by atoms with Crippen LogP contribution >= 0.6 is 0 Å². The van der Waals surface area contributed by atoms with Crippen LogP contribution in [0.25, 0.3) is 0 Å². The SMILES string of the molecule is CC1C[C@@H](C)N(C(=O)C(C)C(C)O)C1. The molecular weight excluding hydrogens is 178 g/mol. The molecule has 1 amide bonds. The van der Waals surface area contributed by atoms with Crippen molar-refractivity contribution in [2.45, 2.75) is 46.3 Å². The highest BCUT2D eigenvalue weighted by atomic mass is 16.3. The largest absolute Gasteiger partial charge is 0.393 e. The summed E-state index contributed by atoms with van der Waals surface area (Å²) in [4.78, 5) is 13.8. The average molecular weight is 199 g/mol. The maximum absolute atomic E-state index is 11.9. The monoisotopic (exact) mass is 199 g/mol. The van der Waals surface area contributed by atoms with Crippen LogP contribution in [-0.4, -0.2) is 34.6 Å². The van der Waals surface area contributed by atoms with Crippen LogP contribution in [0.5, 0.6) is 0 Å². The van der Waals surface area contributed by atoms with Crippen LogP contribution in [0.2, 0.25) is 0 Å². The summed E-state index contributed by atoms with van der Waals surface area (Å²) >= 11 is 0. The first kappa shape index (κ1) is 11.5. The Bertz CT molecular complexity index is 215. The second-order valence-corrected chi connectivity index (χ2v) is 4.71. The van der Waals surface area contributed by atoms with Gasteiger partial charge in [0.1, 0.15) is 0 Å².